The lowest BCUT2D eigenvalue weighted by Crippen LogP contribution is -2.16. The van der Waals surface area contributed by atoms with Gasteiger partial charge in [-0.1, -0.05) is 23.4 Å². The van der Waals surface area contributed by atoms with Crippen LogP contribution in [0.2, 0.25) is 0 Å². The monoisotopic (exact) mass is 269 g/mol. The molecular formula is C15H15N3O2. The standard InChI is InChI=1S/C15H15N3O2/c16-8-7-11-4-1-2-6-13(11)15-17-14(18-20-15)12-5-3-9-19-10-12/h1-2,4,6,12H,3,5,7,9-10H2. The molecule has 0 spiro atoms. The number of benzene rings is 1. The molecule has 1 aliphatic heterocycles. The highest BCUT2D eigenvalue weighted by atomic mass is 16.5. The summed E-state index contributed by atoms with van der Waals surface area (Å²) in [5.41, 5.74) is 1.75. The highest BCUT2D eigenvalue weighted by Crippen LogP contribution is 2.27. The molecule has 1 fully saturated rings. The molecule has 20 heavy (non-hydrogen) atoms. The van der Waals surface area contributed by atoms with E-state index in [1.54, 1.807) is 0 Å². The van der Waals surface area contributed by atoms with Crippen LogP contribution in [0.4, 0.5) is 0 Å². The maximum atomic E-state index is 8.87. The van der Waals surface area contributed by atoms with Gasteiger partial charge in [-0.25, -0.2) is 0 Å². The number of ether oxygens (including phenoxy) is 1. The lowest BCUT2D eigenvalue weighted by atomic mass is 10.0. The van der Waals surface area contributed by atoms with Gasteiger partial charge in [0.05, 0.1) is 19.1 Å². The molecule has 0 radical (unpaired) electrons. The van der Waals surface area contributed by atoms with Crippen LogP contribution in [0.3, 0.4) is 0 Å². The van der Waals surface area contributed by atoms with Gasteiger partial charge in [-0.3, -0.25) is 0 Å². The number of hydrogen-bond acceptors (Lipinski definition) is 5. The molecule has 0 saturated carbocycles. The summed E-state index contributed by atoms with van der Waals surface area (Å²) in [4.78, 5) is 4.48. The van der Waals surface area contributed by atoms with Gasteiger partial charge in [0, 0.05) is 18.1 Å². The molecule has 2 heterocycles. The van der Waals surface area contributed by atoms with Crippen molar-refractivity contribution in [2.75, 3.05) is 13.2 Å². The van der Waals surface area contributed by atoms with Gasteiger partial charge in [-0.15, -0.1) is 0 Å². The summed E-state index contributed by atoms with van der Waals surface area (Å²) in [7, 11) is 0. The molecule has 1 aromatic heterocycles. The Labute approximate surface area is 117 Å². The highest BCUT2D eigenvalue weighted by Gasteiger charge is 2.22. The summed E-state index contributed by atoms with van der Waals surface area (Å²) in [6, 6.07) is 9.78. The third-order valence-electron chi connectivity index (χ3n) is 3.48. The van der Waals surface area contributed by atoms with Crippen molar-refractivity contribution >= 4 is 0 Å². The zero-order valence-electron chi connectivity index (χ0n) is 11.1. The van der Waals surface area contributed by atoms with E-state index < -0.39 is 0 Å². The predicted molar refractivity (Wildman–Crippen MR) is 71.8 cm³/mol. The average molecular weight is 269 g/mol. The van der Waals surface area contributed by atoms with E-state index in [4.69, 9.17) is 14.5 Å². The second kappa shape index (κ2) is 5.85. The summed E-state index contributed by atoms with van der Waals surface area (Å²) < 4.78 is 10.8. The van der Waals surface area contributed by atoms with Gasteiger partial charge in [0.15, 0.2) is 5.82 Å². The Bertz CT molecular complexity index is 624. The molecule has 1 unspecified atom stereocenters. The molecule has 1 aromatic carbocycles. The van der Waals surface area contributed by atoms with Gasteiger partial charge in [-0.2, -0.15) is 10.2 Å². The Balaban J connectivity index is 1.88. The van der Waals surface area contributed by atoms with Crippen LogP contribution in [-0.4, -0.2) is 23.4 Å². The molecule has 1 atom stereocenters. The van der Waals surface area contributed by atoms with Crippen LogP contribution in [0, 0.1) is 11.3 Å². The first kappa shape index (κ1) is 12.8. The molecular weight excluding hydrogens is 254 g/mol. The fourth-order valence-electron chi connectivity index (χ4n) is 2.42. The molecule has 0 aliphatic carbocycles. The van der Waals surface area contributed by atoms with Crippen molar-refractivity contribution in [3.8, 4) is 17.5 Å². The number of nitrogens with zero attached hydrogens (tertiary/aromatic N) is 3. The first-order chi connectivity index (χ1) is 9.88. The van der Waals surface area contributed by atoms with Crippen LogP contribution >= 0.6 is 0 Å². The van der Waals surface area contributed by atoms with E-state index in [0.717, 1.165) is 30.6 Å². The summed E-state index contributed by atoms with van der Waals surface area (Å²) in [6.07, 6.45) is 2.39. The molecule has 5 nitrogen and oxygen atoms in total. The molecule has 5 heteroatoms. The molecule has 1 saturated heterocycles. The van der Waals surface area contributed by atoms with E-state index in [1.807, 2.05) is 24.3 Å². The molecule has 3 rings (SSSR count). The number of nitriles is 1. The first-order valence-corrected chi connectivity index (χ1v) is 6.75. The van der Waals surface area contributed by atoms with Crippen molar-refractivity contribution < 1.29 is 9.26 Å². The summed E-state index contributed by atoms with van der Waals surface area (Å²) in [6.45, 7) is 1.46. The van der Waals surface area contributed by atoms with E-state index >= 15 is 0 Å². The minimum Gasteiger partial charge on any atom is -0.381 e. The van der Waals surface area contributed by atoms with Gasteiger partial charge in [0.25, 0.3) is 5.89 Å². The zero-order chi connectivity index (χ0) is 13.8. The van der Waals surface area contributed by atoms with Crippen LogP contribution in [0.1, 0.15) is 30.1 Å². The van der Waals surface area contributed by atoms with Crippen LogP contribution in [0.25, 0.3) is 11.5 Å². The third kappa shape index (κ3) is 2.56. The SMILES string of the molecule is N#CCc1ccccc1-c1nc(C2CCCOC2)no1. The van der Waals surface area contributed by atoms with Gasteiger partial charge in [0.1, 0.15) is 0 Å². The second-order valence-corrected chi connectivity index (χ2v) is 4.86. The van der Waals surface area contributed by atoms with Crippen molar-refractivity contribution in [2.45, 2.75) is 25.2 Å². The molecule has 0 N–H and O–H groups in total. The summed E-state index contributed by atoms with van der Waals surface area (Å²) in [5.74, 6) is 1.40. The van der Waals surface area contributed by atoms with E-state index in [9.17, 15) is 0 Å². The molecule has 0 bridgehead atoms. The first-order valence-electron chi connectivity index (χ1n) is 6.75. The minimum atomic E-state index is 0.212. The van der Waals surface area contributed by atoms with Crippen LogP contribution in [-0.2, 0) is 11.2 Å². The fourth-order valence-corrected chi connectivity index (χ4v) is 2.42. The van der Waals surface area contributed by atoms with E-state index in [2.05, 4.69) is 16.2 Å². The Morgan fingerprint density at radius 3 is 3.05 bits per heavy atom. The smallest absolute Gasteiger partial charge is 0.258 e. The topological polar surface area (TPSA) is 71.9 Å². The Morgan fingerprint density at radius 2 is 2.25 bits per heavy atom. The van der Waals surface area contributed by atoms with Crippen LogP contribution < -0.4 is 0 Å². The normalized spacial score (nSPS) is 18.6. The van der Waals surface area contributed by atoms with Crippen molar-refractivity contribution in [2.24, 2.45) is 0 Å². The maximum Gasteiger partial charge on any atom is 0.258 e. The van der Waals surface area contributed by atoms with E-state index in [0.29, 0.717) is 24.7 Å². The van der Waals surface area contributed by atoms with E-state index in [1.165, 1.54) is 0 Å². The molecule has 1 aliphatic rings. The van der Waals surface area contributed by atoms with Crippen molar-refractivity contribution in [3.05, 3.63) is 35.7 Å². The van der Waals surface area contributed by atoms with Crippen molar-refractivity contribution in [1.82, 2.24) is 10.1 Å². The minimum absolute atomic E-state index is 0.212. The van der Waals surface area contributed by atoms with Gasteiger partial charge >= 0.3 is 0 Å². The van der Waals surface area contributed by atoms with Crippen molar-refractivity contribution in [3.63, 3.8) is 0 Å². The van der Waals surface area contributed by atoms with Gasteiger partial charge in [0.2, 0.25) is 0 Å². The maximum absolute atomic E-state index is 8.87. The highest BCUT2D eigenvalue weighted by molar-refractivity contribution is 5.59. The summed E-state index contributed by atoms with van der Waals surface area (Å²) >= 11 is 0. The lowest BCUT2D eigenvalue weighted by Gasteiger charge is -2.18. The summed E-state index contributed by atoms with van der Waals surface area (Å²) in [5, 5.41) is 12.9. The Morgan fingerprint density at radius 1 is 1.35 bits per heavy atom. The fraction of sp³-hybridized carbons (Fsp3) is 0.400. The Hall–Kier alpha value is -2.19. The van der Waals surface area contributed by atoms with Gasteiger partial charge in [-0.05, 0) is 24.5 Å². The number of rotatable bonds is 3. The zero-order valence-corrected chi connectivity index (χ0v) is 11.1. The number of aromatic nitrogens is 2. The predicted octanol–water partition coefficient (Wildman–Crippen LogP) is 2.70. The molecule has 102 valence electrons. The van der Waals surface area contributed by atoms with Crippen LogP contribution in [0.5, 0.6) is 0 Å². The third-order valence-corrected chi connectivity index (χ3v) is 3.48. The van der Waals surface area contributed by atoms with Crippen molar-refractivity contribution in [1.29, 1.82) is 5.26 Å². The number of hydrogen-bond donors (Lipinski definition) is 0. The van der Waals surface area contributed by atoms with Gasteiger partial charge < -0.3 is 9.26 Å². The van der Waals surface area contributed by atoms with E-state index in [-0.39, 0.29) is 5.92 Å². The largest absolute Gasteiger partial charge is 0.381 e. The molecule has 0 amide bonds. The second-order valence-electron chi connectivity index (χ2n) is 4.86. The Kier molecular flexibility index (Phi) is 3.75. The van der Waals surface area contributed by atoms with Crippen LogP contribution in [0.15, 0.2) is 28.8 Å². The lowest BCUT2D eigenvalue weighted by molar-refractivity contribution is 0.0773. The average Bonchev–Trinajstić information content (AvgIpc) is 2.99. The quantitative estimate of drug-likeness (QED) is 0.856. The molecule has 2 aromatic rings.